The van der Waals surface area contributed by atoms with Gasteiger partial charge in [0, 0.05) is 17.1 Å². The van der Waals surface area contributed by atoms with Gasteiger partial charge in [0.25, 0.3) is 5.56 Å². The fourth-order valence-corrected chi connectivity index (χ4v) is 4.82. The molecule has 5 rings (SSSR count). The number of nitrogens with one attached hydrogen (secondary N) is 1. The predicted molar refractivity (Wildman–Crippen MR) is 115 cm³/mol. The average molecular weight is 384 g/mol. The minimum atomic E-state index is -0.217. The molecule has 5 nitrogen and oxygen atoms in total. The molecule has 1 aromatic carbocycles. The first-order valence-electron chi connectivity index (χ1n) is 10.6. The van der Waals surface area contributed by atoms with Crippen molar-refractivity contribution in [2.75, 3.05) is 5.32 Å². The van der Waals surface area contributed by atoms with Crippen LogP contribution in [0.1, 0.15) is 61.3 Å². The highest BCUT2D eigenvalue weighted by atomic mass is 16.1. The van der Waals surface area contributed by atoms with Gasteiger partial charge >= 0.3 is 0 Å². The van der Waals surface area contributed by atoms with Crippen molar-refractivity contribution in [3.05, 3.63) is 63.4 Å². The quantitative estimate of drug-likeness (QED) is 0.689. The van der Waals surface area contributed by atoms with Crippen LogP contribution < -0.4 is 10.9 Å². The molecular weight excluding hydrogens is 360 g/mol. The Morgan fingerprint density at radius 3 is 2.59 bits per heavy atom. The smallest absolute Gasteiger partial charge is 0.270 e. The van der Waals surface area contributed by atoms with Crippen LogP contribution in [0, 0.1) is 11.3 Å². The number of hydrogen-bond donors (Lipinski definition) is 1. The van der Waals surface area contributed by atoms with Crippen LogP contribution in [-0.2, 0) is 12.8 Å². The number of pyridine rings is 2. The Balaban J connectivity index is 1.57. The topological polar surface area (TPSA) is 70.7 Å². The molecule has 1 N–H and O–H groups in total. The van der Waals surface area contributed by atoms with Crippen molar-refractivity contribution >= 4 is 22.5 Å². The van der Waals surface area contributed by atoms with Crippen molar-refractivity contribution in [3.63, 3.8) is 0 Å². The van der Waals surface area contributed by atoms with Gasteiger partial charge in [0.1, 0.15) is 23.1 Å². The fraction of sp³-hybridized carbons (Fsp3) is 0.375. The Morgan fingerprint density at radius 2 is 1.79 bits per heavy atom. The highest BCUT2D eigenvalue weighted by Gasteiger charge is 2.22. The molecule has 0 amide bonds. The van der Waals surface area contributed by atoms with Crippen molar-refractivity contribution in [2.45, 2.75) is 57.4 Å². The number of aryl methyl sites for hydroxylation is 2. The second kappa shape index (κ2) is 7.36. The van der Waals surface area contributed by atoms with Gasteiger partial charge in [-0.1, -0.05) is 18.9 Å². The molecule has 0 atom stereocenters. The van der Waals surface area contributed by atoms with E-state index in [1.165, 1.54) is 30.4 Å². The summed E-state index contributed by atoms with van der Waals surface area (Å²) >= 11 is 0. The number of anilines is 2. The molecule has 0 radical (unpaired) electrons. The lowest BCUT2D eigenvalue weighted by Crippen LogP contribution is -2.26. The highest BCUT2D eigenvalue weighted by Crippen LogP contribution is 2.31. The van der Waals surface area contributed by atoms with Crippen LogP contribution in [0.2, 0.25) is 0 Å². The molecule has 1 saturated carbocycles. The van der Waals surface area contributed by atoms with Gasteiger partial charge < -0.3 is 5.32 Å². The fourth-order valence-electron chi connectivity index (χ4n) is 4.82. The molecule has 0 saturated heterocycles. The molecule has 2 aliphatic carbocycles. The van der Waals surface area contributed by atoms with Crippen molar-refractivity contribution in [2.24, 2.45) is 0 Å². The molecule has 0 aliphatic heterocycles. The third-order valence-corrected chi connectivity index (χ3v) is 6.31. The summed E-state index contributed by atoms with van der Waals surface area (Å²) in [6.07, 6.45) is 8.98. The summed E-state index contributed by atoms with van der Waals surface area (Å²) < 4.78 is 1.76. The number of aromatic nitrogens is 2. The van der Waals surface area contributed by atoms with E-state index in [1.807, 2.05) is 12.1 Å². The van der Waals surface area contributed by atoms with E-state index in [1.54, 1.807) is 10.6 Å². The van der Waals surface area contributed by atoms with Crippen LogP contribution in [-0.4, -0.2) is 9.55 Å². The summed E-state index contributed by atoms with van der Waals surface area (Å²) in [6, 6.07) is 14.3. The Kier molecular flexibility index (Phi) is 4.55. The van der Waals surface area contributed by atoms with Gasteiger partial charge in [-0.15, -0.1) is 0 Å². The molecule has 2 aliphatic rings. The third kappa shape index (κ3) is 3.29. The lowest BCUT2D eigenvalue weighted by Gasteiger charge is -2.18. The summed E-state index contributed by atoms with van der Waals surface area (Å²) in [4.78, 5) is 17.7. The Hall–Kier alpha value is -3.13. The molecular formula is C24H24N4O. The van der Waals surface area contributed by atoms with Crippen LogP contribution in [0.3, 0.4) is 0 Å². The molecule has 146 valence electrons. The van der Waals surface area contributed by atoms with Crippen LogP contribution in [0.15, 0.2) is 41.2 Å². The maximum absolute atomic E-state index is 12.9. The molecule has 3 aromatic rings. The van der Waals surface area contributed by atoms with Gasteiger partial charge in [-0.2, -0.15) is 5.26 Å². The Labute approximate surface area is 170 Å². The van der Waals surface area contributed by atoms with E-state index < -0.39 is 0 Å². The average Bonchev–Trinajstić information content (AvgIpc) is 3.27. The summed E-state index contributed by atoms with van der Waals surface area (Å²) in [5.74, 6) is 0.726. The van der Waals surface area contributed by atoms with E-state index in [9.17, 15) is 10.1 Å². The largest absolute Gasteiger partial charge is 0.340 e. The standard InChI is InChI=1S/C24H24N4O/c25-15-19-13-18-10-12-22(26-20-11-9-16-5-1-2-6-17(16)14-20)27-23(18)28(24(19)29)21-7-3-4-8-21/h9-14,21H,1-8H2,(H,26,27). The van der Waals surface area contributed by atoms with E-state index in [4.69, 9.17) is 4.98 Å². The van der Waals surface area contributed by atoms with Gasteiger partial charge in [0.2, 0.25) is 0 Å². The molecule has 0 spiro atoms. The second-order valence-corrected chi connectivity index (χ2v) is 8.21. The van der Waals surface area contributed by atoms with Crippen LogP contribution in [0.5, 0.6) is 0 Å². The number of nitrogens with zero attached hydrogens (tertiary/aromatic N) is 3. The Bertz CT molecular complexity index is 1180. The van der Waals surface area contributed by atoms with E-state index in [2.05, 4.69) is 29.6 Å². The molecule has 1 fully saturated rings. The molecule has 0 bridgehead atoms. The molecule has 0 unspecified atom stereocenters. The van der Waals surface area contributed by atoms with Gasteiger partial charge in [-0.25, -0.2) is 4.98 Å². The first kappa shape index (κ1) is 17.9. The summed E-state index contributed by atoms with van der Waals surface area (Å²) in [7, 11) is 0. The van der Waals surface area contributed by atoms with Gasteiger partial charge in [0.05, 0.1) is 0 Å². The van der Waals surface area contributed by atoms with Gasteiger partial charge in [-0.05, 0) is 80.0 Å². The summed E-state index contributed by atoms with van der Waals surface area (Å²) in [5.41, 5.74) is 4.55. The van der Waals surface area contributed by atoms with Crippen LogP contribution in [0.4, 0.5) is 11.5 Å². The zero-order valence-corrected chi connectivity index (χ0v) is 16.4. The van der Waals surface area contributed by atoms with E-state index in [0.717, 1.165) is 49.0 Å². The second-order valence-electron chi connectivity index (χ2n) is 8.21. The SMILES string of the molecule is N#Cc1cc2ccc(Nc3ccc4c(c3)CCCC4)nc2n(C2CCCC2)c1=O. The number of rotatable bonds is 3. The van der Waals surface area contributed by atoms with Crippen molar-refractivity contribution < 1.29 is 0 Å². The summed E-state index contributed by atoms with van der Waals surface area (Å²) in [6.45, 7) is 0. The molecule has 29 heavy (non-hydrogen) atoms. The molecule has 5 heteroatoms. The molecule has 2 aromatic heterocycles. The maximum atomic E-state index is 12.9. The third-order valence-electron chi connectivity index (χ3n) is 6.31. The monoisotopic (exact) mass is 384 g/mol. The maximum Gasteiger partial charge on any atom is 0.270 e. The van der Waals surface area contributed by atoms with Gasteiger partial charge in [0.15, 0.2) is 0 Å². The number of benzene rings is 1. The van der Waals surface area contributed by atoms with Crippen molar-refractivity contribution in [1.29, 1.82) is 5.26 Å². The minimum Gasteiger partial charge on any atom is -0.340 e. The number of fused-ring (bicyclic) bond motifs is 2. The van der Waals surface area contributed by atoms with Crippen LogP contribution in [0.25, 0.3) is 11.0 Å². The first-order chi connectivity index (χ1) is 14.2. The predicted octanol–water partition coefficient (Wildman–Crippen LogP) is 5.01. The van der Waals surface area contributed by atoms with Gasteiger partial charge in [-0.3, -0.25) is 9.36 Å². The molecule has 2 heterocycles. The van der Waals surface area contributed by atoms with Crippen molar-refractivity contribution in [1.82, 2.24) is 9.55 Å². The zero-order chi connectivity index (χ0) is 19.8. The van der Waals surface area contributed by atoms with E-state index in [-0.39, 0.29) is 17.2 Å². The lowest BCUT2D eigenvalue weighted by molar-refractivity contribution is 0.515. The van der Waals surface area contributed by atoms with E-state index in [0.29, 0.717) is 5.65 Å². The van der Waals surface area contributed by atoms with Crippen LogP contribution >= 0.6 is 0 Å². The minimum absolute atomic E-state index is 0.129. The highest BCUT2D eigenvalue weighted by molar-refractivity contribution is 5.79. The number of hydrogen-bond acceptors (Lipinski definition) is 4. The Morgan fingerprint density at radius 1 is 1.00 bits per heavy atom. The number of nitriles is 1. The zero-order valence-electron chi connectivity index (χ0n) is 16.4. The first-order valence-corrected chi connectivity index (χ1v) is 10.6. The normalized spacial score (nSPS) is 16.5. The van der Waals surface area contributed by atoms with Crippen molar-refractivity contribution in [3.8, 4) is 6.07 Å². The van der Waals surface area contributed by atoms with E-state index >= 15 is 0 Å². The summed E-state index contributed by atoms with van der Waals surface area (Å²) in [5, 5.41) is 13.7. The lowest BCUT2D eigenvalue weighted by atomic mass is 9.91.